The molecule has 0 unspecified atom stereocenters. The van der Waals surface area contributed by atoms with Crippen molar-refractivity contribution in [2.45, 2.75) is 58.3 Å². The molecule has 2 amide bonds. The van der Waals surface area contributed by atoms with E-state index in [1.54, 1.807) is 29.0 Å². The number of thiazole rings is 1. The number of nitrogens with zero attached hydrogens (tertiary/aromatic N) is 4. The van der Waals surface area contributed by atoms with Crippen molar-refractivity contribution in [3.63, 3.8) is 0 Å². The van der Waals surface area contributed by atoms with Gasteiger partial charge in [-0.2, -0.15) is 5.26 Å². The van der Waals surface area contributed by atoms with Crippen LogP contribution in [0.3, 0.4) is 0 Å². The van der Waals surface area contributed by atoms with Crippen LogP contribution in [0.4, 0.5) is 4.79 Å². The number of ether oxygens (including phenoxy) is 3. The number of amides is 2. The van der Waals surface area contributed by atoms with Gasteiger partial charge in [0.25, 0.3) is 5.91 Å². The second-order valence-electron chi connectivity index (χ2n) is 9.59. The number of fused-ring (bicyclic) bond motifs is 1. The highest BCUT2D eigenvalue weighted by Gasteiger charge is 2.44. The fourth-order valence-electron chi connectivity index (χ4n) is 4.51. The van der Waals surface area contributed by atoms with Crippen LogP contribution in [0.25, 0.3) is 10.6 Å². The van der Waals surface area contributed by atoms with Gasteiger partial charge in [-0.05, 0) is 46.2 Å². The molecule has 2 aromatic rings. The third-order valence-electron chi connectivity index (χ3n) is 5.95. The van der Waals surface area contributed by atoms with Crippen LogP contribution in [0.1, 0.15) is 55.0 Å². The molecule has 0 aliphatic carbocycles. The van der Waals surface area contributed by atoms with Crippen molar-refractivity contribution in [1.29, 1.82) is 5.26 Å². The van der Waals surface area contributed by atoms with Gasteiger partial charge in [0.05, 0.1) is 48.7 Å². The summed E-state index contributed by atoms with van der Waals surface area (Å²) in [6.07, 6.45) is 0.212. The lowest BCUT2D eigenvalue weighted by molar-refractivity contribution is 0.0140. The standard InChI is InChI=1S/C25H30N4O5S/c1-6-33-20-15(11-26)8-7-9-18(20)22-27-19-13-28(23(30)21(19)35-22)16-10-17(14-32-5)29(12-16)24(31)34-25(2,3)4/h7-9,16-17H,6,10,12-14H2,1-5H3/t16-,17+/m1/s1. The van der Waals surface area contributed by atoms with E-state index < -0.39 is 11.7 Å². The molecule has 2 aliphatic rings. The largest absolute Gasteiger partial charge is 0.492 e. The Bertz CT molecular complexity index is 1170. The Hall–Kier alpha value is -3.16. The van der Waals surface area contributed by atoms with Gasteiger partial charge >= 0.3 is 6.09 Å². The summed E-state index contributed by atoms with van der Waals surface area (Å²) in [5.41, 5.74) is 1.25. The third kappa shape index (κ3) is 4.97. The molecular weight excluding hydrogens is 468 g/mol. The van der Waals surface area contributed by atoms with E-state index in [2.05, 4.69) is 6.07 Å². The summed E-state index contributed by atoms with van der Waals surface area (Å²) >= 11 is 1.31. The van der Waals surface area contributed by atoms with Gasteiger partial charge in [-0.15, -0.1) is 11.3 Å². The Morgan fingerprint density at radius 2 is 2.11 bits per heavy atom. The van der Waals surface area contributed by atoms with Crippen molar-refractivity contribution in [2.75, 3.05) is 26.9 Å². The second-order valence-corrected chi connectivity index (χ2v) is 10.6. The van der Waals surface area contributed by atoms with Gasteiger partial charge < -0.3 is 24.0 Å². The molecule has 0 radical (unpaired) electrons. The predicted molar refractivity (Wildman–Crippen MR) is 130 cm³/mol. The zero-order valence-corrected chi connectivity index (χ0v) is 21.5. The molecule has 9 nitrogen and oxygen atoms in total. The molecule has 2 atom stereocenters. The highest BCUT2D eigenvalue weighted by molar-refractivity contribution is 7.17. The Kier molecular flexibility index (Phi) is 7.01. The first-order valence-electron chi connectivity index (χ1n) is 11.6. The Morgan fingerprint density at radius 3 is 2.74 bits per heavy atom. The van der Waals surface area contributed by atoms with Crippen molar-refractivity contribution in [1.82, 2.24) is 14.8 Å². The van der Waals surface area contributed by atoms with E-state index in [-0.39, 0.29) is 18.0 Å². The Balaban J connectivity index is 1.54. The van der Waals surface area contributed by atoms with Crippen molar-refractivity contribution in [2.24, 2.45) is 0 Å². The van der Waals surface area contributed by atoms with E-state index in [9.17, 15) is 14.9 Å². The van der Waals surface area contributed by atoms with Crippen molar-refractivity contribution in [3.05, 3.63) is 34.3 Å². The average molecular weight is 499 g/mol. The summed E-state index contributed by atoms with van der Waals surface area (Å²) in [7, 11) is 1.60. The van der Waals surface area contributed by atoms with Gasteiger partial charge in [0.15, 0.2) is 0 Å². The molecule has 0 saturated carbocycles. The van der Waals surface area contributed by atoms with Crippen molar-refractivity contribution in [3.8, 4) is 22.4 Å². The molecule has 2 aliphatic heterocycles. The van der Waals surface area contributed by atoms with E-state index in [1.807, 2.05) is 33.8 Å². The fourth-order valence-corrected chi connectivity index (χ4v) is 5.56. The lowest BCUT2D eigenvalue weighted by atomic mass is 10.1. The summed E-state index contributed by atoms with van der Waals surface area (Å²) in [5.74, 6) is 0.394. The Morgan fingerprint density at radius 1 is 1.34 bits per heavy atom. The summed E-state index contributed by atoms with van der Waals surface area (Å²) in [6.45, 7) is 8.91. The minimum atomic E-state index is -0.607. The lowest BCUT2D eigenvalue weighted by Gasteiger charge is -2.28. The summed E-state index contributed by atoms with van der Waals surface area (Å²) < 4.78 is 16.7. The smallest absolute Gasteiger partial charge is 0.410 e. The van der Waals surface area contributed by atoms with Crippen LogP contribution in [0, 0.1) is 11.3 Å². The van der Waals surface area contributed by atoms with Crippen molar-refractivity contribution < 1.29 is 23.8 Å². The normalized spacial score (nSPS) is 19.6. The first-order chi connectivity index (χ1) is 16.7. The monoisotopic (exact) mass is 498 g/mol. The number of benzene rings is 1. The summed E-state index contributed by atoms with van der Waals surface area (Å²) in [6, 6.07) is 7.18. The summed E-state index contributed by atoms with van der Waals surface area (Å²) in [4.78, 5) is 35.0. The number of hydrogen-bond acceptors (Lipinski definition) is 8. The van der Waals surface area contributed by atoms with Gasteiger partial charge in [0.1, 0.15) is 27.3 Å². The number of hydrogen-bond donors (Lipinski definition) is 0. The molecule has 1 aromatic carbocycles. The quantitative estimate of drug-likeness (QED) is 0.591. The molecular formula is C25H30N4O5S. The van der Waals surface area contributed by atoms with E-state index in [0.29, 0.717) is 65.2 Å². The van der Waals surface area contributed by atoms with E-state index in [0.717, 1.165) is 0 Å². The van der Waals surface area contributed by atoms with Crippen LogP contribution in [0.2, 0.25) is 0 Å². The maximum atomic E-state index is 13.4. The van der Waals surface area contributed by atoms with E-state index in [1.165, 1.54) is 11.3 Å². The van der Waals surface area contributed by atoms with Crippen LogP contribution >= 0.6 is 11.3 Å². The molecule has 1 fully saturated rings. The van der Waals surface area contributed by atoms with E-state index >= 15 is 0 Å². The highest BCUT2D eigenvalue weighted by atomic mass is 32.1. The van der Waals surface area contributed by atoms with Crippen LogP contribution in [0.15, 0.2) is 18.2 Å². The molecule has 0 N–H and O–H groups in total. The molecule has 0 bridgehead atoms. The number of nitriles is 1. The zero-order valence-electron chi connectivity index (χ0n) is 20.7. The highest BCUT2D eigenvalue weighted by Crippen LogP contribution is 2.40. The number of rotatable bonds is 6. The number of aromatic nitrogens is 1. The van der Waals surface area contributed by atoms with Crippen LogP contribution in [-0.4, -0.2) is 71.3 Å². The summed E-state index contributed by atoms with van der Waals surface area (Å²) in [5, 5.41) is 10.1. The molecule has 1 aromatic heterocycles. The molecule has 0 spiro atoms. The SMILES string of the molecule is CCOc1c(C#N)cccc1-c1nc2c(s1)C(=O)N([C@@H]1C[C@@H](COC)N(C(=O)OC(C)(C)C)C1)C2. The molecule has 1 saturated heterocycles. The molecule has 4 rings (SSSR count). The Labute approximate surface area is 209 Å². The maximum Gasteiger partial charge on any atom is 0.410 e. The van der Waals surface area contributed by atoms with Crippen molar-refractivity contribution >= 4 is 23.3 Å². The number of likely N-dealkylation sites (tertiary alicyclic amines) is 1. The first kappa shape index (κ1) is 24.9. The van der Waals surface area contributed by atoms with Crippen LogP contribution < -0.4 is 4.74 Å². The van der Waals surface area contributed by atoms with Gasteiger partial charge in [-0.1, -0.05) is 6.07 Å². The van der Waals surface area contributed by atoms with Crippen LogP contribution in [0.5, 0.6) is 5.75 Å². The molecule has 35 heavy (non-hydrogen) atoms. The maximum absolute atomic E-state index is 13.4. The second kappa shape index (κ2) is 9.84. The zero-order chi connectivity index (χ0) is 25.3. The lowest BCUT2D eigenvalue weighted by Crippen LogP contribution is -2.43. The number of para-hydroxylation sites is 1. The van der Waals surface area contributed by atoms with Gasteiger partial charge in [-0.3, -0.25) is 4.79 Å². The predicted octanol–water partition coefficient (Wildman–Crippen LogP) is 4.06. The van der Waals surface area contributed by atoms with Gasteiger partial charge in [0.2, 0.25) is 0 Å². The average Bonchev–Trinajstić information content (AvgIpc) is 3.48. The minimum Gasteiger partial charge on any atom is -0.492 e. The third-order valence-corrected chi connectivity index (χ3v) is 7.07. The van der Waals surface area contributed by atoms with Crippen LogP contribution in [-0.2, 0) is 16.0 Å². The molecule has 3 heterocycles. The van der Waals surface area contributed by atoms with E-state index in [4.69, 9.17) is 19.2 Å². The number of carbonyl (C=O) groups excluding carboxylic acids is 2. The topological polar surface area (TPSA) is 105 Å². The number of methoxy groups -OCH3 is 1. The fraction of sp³-hybridized carbons (Fsp3) is 0.520. The first-order valence-corrected chi connectivity index (χ1v) is 12.4. The molecule has 10 heteroatoms. The number of carbonyl (C=O) groups is 2. The van der Waals surface area contributed by atoms with Gasteiger partial charge in [0, 0.05) is 13.7 Å². The minimum absolute atomic E-state index is 0.0923. The van der Waals surface area contributed by atoms with Gasteiger partial charge in [-0.25, -0.2) is 9.78 Å². The molecule has 186 valence electrons.